The van der Waals surface area contributed by atoms with Gasteiger partial charge in [-0.15, -0.1) is 0 Å². The highest BCUT2D eigenvalue weighted by atomic mass is 31.2. The standard InChI is InChI=1S/C12H17NO5P2/c1-10(2)12(14)13-8-19(15,16)9-20(17,18)11-6-4-3-5-7-11/h3-7,17-18H,1,8-9H2,2H3,(H-,13,14,15,16)/p+1. The Kier molecular flexibility index (Phi) is 5.63. The summed E-state index contributed by atoms with van der Waals surface area (Å²) in [5.74, 6) is -1.21. The summed E-state index contributed by atoms with van der Waals surface area (Å²) in [6.07, 6.45) is -0.519. The van der Waals surface area contributed by atoms with Crippen LogP contribution in [0, 0.1) is 0 Å². The number of hydrogen-bond donors (Lipinski definition) is 4. The molecule has 0 spiro atoms. The van der Waals surface area contributed by atoms with E-state index in [-0.39, 0.29) is 10.9 Å². The van der Waals surface area contributed by atoms with E-state index in [1.54, 1.807) is 18.2 Å². The van der Waals surface area contributed by atoms with Gasteiger partial charge in [-0.2, -0.15) is 0 Å². The van der Waals surface area contributed by atoms with E-state index in [4.69, 9.17) is 0 Å². The molecule has 4 N–H and O–H groups in total. The number of nitrogens with one attached hydrogen (secondary N) is 1. The van der Waals surface area contributed by atoms with Crippen molar-refractivity contribution in [1.82, 2.24) is 5.32 Å². The van der Waals surface area contributed by atoms with Crippen molar-refractivity contribution in [2.24, 2.45) is 0 Å². The lowest BCUT2D eigenvalue weighted by molar-refractivity contribution is -0.117. The van der Waals surface area contributed by atoms with Crippen molar-refractivity contribution in [1.29, 1.82) is 0 Å². The van der Waals surface area contributed by atoms with Gasteiger partial charge in [-0.05, 0) is 19.1 Å². The van der Waals surface area contributed by atoms with Crippen molar-refractivity contribution in [2.75, 3.05) is 12.2 Å². The molecule has 1 rings (SSSR count). The number of benzene rings is 1. The van der Waals surface area contributed by atoms with Crippen LogP contribution < -0.4 is 10.6 Å². The lowest BCUT2D eigenvalue weighted by Crippen LogP contribution is -2.26. The Bertz CT molecular complexity index is 544. The fraction of sp³-hybridized carbons (Fsp3) is 0.250. The maximum Gasteiger partial charge on any atom is 0.309 e. The van der Waals surface area contributed by atoms with Crippen molar-refractivity contribution in [2.45, 2.75) is 6.92 Å². The van der Waals surface area contributed by atoms with Gasteiger partial charge >= 0.3 is 7.72 Å². The van der Waals surface area contributed by atoms with E-state index in [1.165, 1.54) is 19.1 Å². The molecule has 0 aliphatic heterocycles. The minimum atomic E-state index is -3.90. The van der Waals surface area contributed by atoms with Crippen LogP contribution in [0.25, 0.3) is 0 Å². The molecule has 1 aromatic rings. The van der Waals surface area contributed by atoms with Crippen LogP contribution in [0.15, 0.2) is 42.5 Å². The summed E-state index contributed by atoms with van der Waals surface area (Å²) < 4.78 is 11.9. The largest absolute Gasteiger partial charge is 0.343 e. The molecule has 0 aliphatic rings. The monoisotopic (exact) mass is 318 g/mol. The highest BCUT2D eigenvalue weighted by Crippen LogP contribution is 2.60. The zero-order valence-corrected chi connectivity index (χ0v) is 12.8. The first-order valence-electron chi connectivity index (χ1n) is 5.78. The first-order chi connectivity index (χ1) is 9.14. The lowest BCUT2D eigenvalue weighted by Gasteiger charge is -2.17. The van der Waals surface area contributed by atoms with Crippen molar-refractivity contribution in [3.63, 3.8) is 0 Å². The van der Waals surface area contributed by atoms with Crippen molar-refractivity contribution < 1.29 is 24.0 Å². The predicted molar refractivity (Wildman–Crippen MR) is 79.9 cm³/mol. The topological polar surface area (TPSA) is 107 Å². The molecule has 110 valence electrons. The van der Waals surface area contributed by atoms with Crippen LogP contribution in [0.3, 0.4) is 0 Å². The molecule has 1 amide bonds. The van der Waals surface area contributed by atoms with E-state index >= 15 is 0 Å². The zero-order valence-electron chi connectivity index (χ0n) is 11.1. The highest BCUT2D eigenvalue weighted by molar-refractivity contribution is 7.83. The molecule has 0 fully saturated rings. The van der Waals surface area contributed by atoms with Gasteiger partial charge in [-0.3, -0.25) is 9.36 Å². The Morgan fingerprint density at radius 3 is 2.40 bits per heavy atom. The molecular formula is C12H18NO5P2+. The summed E-state index contributed by atoms with van der Waals surface area (Å²) in [5, 5.41) is 2.46. The van der Waals surface area contributed by atoms with E-state index in [1.807, 2.05) is 0 Å². The zero-order chi connectivity index (χ0) is 15.4. The molecule has 0 aliphatic carbocycles. The average molecular weight is 318 g/mol. The molecule has 0 saturated heterocycles. The molecule has 1 atom stereocenters. The van der Waals surface area contributed by atoms with Crippen LogP contribution in [0.4, 0.5) is 0 Å². The Morgan fingerprint density at radius 2 is 1.90 bits per heavy atom. The third-order valence-corrected chi connectivity index (χ3v) is 7.59. The van der Waals surface area contributed by atoms with E-state index in [2.05, 4.69) is 11.9 Å². The van der Waals surface area contributed by atoms with E-state index in [9.17, 15) is 24.0 Å². The Morgan fingerprint density at radius 1 is 1.35 bits per heavy atom. The van der Waals surface area contributed by atoms with Crippen LogP contribution in [0.5, 0.6) is 0 Å². The smallest absolute Gasteiger partial charge is 0.309 e. The van der Waals surface area contributed by atoms with Crippen molar-refractivity contribution in [3.8, 4) is 0 Å². The number of rotatable bonds is 6. The summed E-state index contributed by atoms with van der Waals surface area (Å²) in [6, 6.07) is 7.90. The fourth-order valence-electron chi connectivity index (χ4n) is 1.45. The lowest BCUT2D eigenvalue weighted by atomic mass is 10.3. The number of amides is 1. The Balaban J connectivity index is 2.73. The molecule has 1 unspecified atom stereocenters. The molecule has 0 saturated carbocycles. The van der Waals surface area contributed by atoms with Crippen LogP contribution >= 0.6 is 15.1 Å². The fourth-order valence-corrected chi connectivity index (χ4v) is 6.01. The van der Waals surface area contributed by atoms with Crippen LogP contribution in [-0.4, -0.2) is 32.8 Å². The van der Waals surface area contributed by atoms with Crippen molar-refractivity contribution >= 4 is 26.3 Å². The second-order valence-corrected chi connectivity index (χ2v) is 9.62. The van der Waals surface area contributed by atoms with Gasteiger partial charge in [0.25, 0.3) is 7.37 Å². The summed E-state index contributed by atoms with van der Waals surface area (Å²) in [6.45, 7) is 4.87. The van der Waals surface area contributed by atoms with Gasteiger partial charge < -0.3 is 10.2 Å². The third-order valence-electron chi connectivity index (χ3n) is 2.46. The van der Waals surface area contributed by atoms with E-state index in [0.29, 0.717) is 0 Å². The Hall–Kier alpha value is -1.03. The molecule has 8 heteroatoms. The van der Waals surface area contributed by atoms with Crippen LogP contribution in [-0.2, 0) is 9.36 Å². The SMILES string of the molecule is C=C(C)C(=O)NCP(=O)(O)C[P+](O)(O)c1ccccc1. The first kappa shape index (κ1) is 17.0. The molecule has 0 radical (unpaired) electrons. The summed E-state index contributed by atoms with van der Waals surface area (Å²) in [4.78, 5) is 41.0. The van der Waals surface area contributed by atoms with Gasteiger partial charge in [-0.1, -0.05) is 24.8 Å². The van der Waals surface area contributed by atoms with Gasteiger partial charge in [0.05, 0.1) is 6.29 Å². The molecule has 6 nitrogen and oxygen atoms in total. The van der Waals surface area contributed by atoms with E-state index < -0.39 is 33.2 Å². The molecule has 1 aromatic carbocycles. The van der Waals surface area contributed by atoms with Gasteiger partial charge in [-0.25, -0.2) is 9.79 Å². The molecule has 0 aromatic heterocycles. The van der Waals surface area contributed by atoms with Gasteiger partial charge in [0.15, 0.2) is 11.2 Å². The quantitative estimate of drug-likeness (QED) is 0.463. The second-order valence-electron chi connectivity index (χ2n) is 4.50. The van der Waals surface area contributed by atoms with Crippen LogP contribution in [0.2, 0.25) is 0 Å². The average Bonchev–Trinajstić information content (AvgIpc) is 2.35. The maximum atomic E-state index is 11.9. The summed E-state index contributed by atoms with van der Waals surface area (Å²) >= 11 is 0. The van der Waals surface area contributed by atoms with Crippen LogP contribution in [0.1, 0.15) is 6.92 Å². The van der Waals surface area contributed by atoms with E-state index in [0.717, 1.165) is 0 Å². The summed E-state index contributed by atoms with van der Waals surface area (Å²) in [5.41, 5.74) is 0.210. The minimum Gasteiger partial charge on any atom is -0.343 e. The third kappa shape index (κ3) is 5.16. The first-order valence-corrected chi connectivity index (χ1v) is 9.69. The maximum absolute atomic E-state index is 11.9. The van der Waals surface area contributed by atoms with Crippen molar-refractivity contribution in [3.05, 3.63) is 42.5 Å². The summed E-state index contributed by atoms with van der Waals surface area (Å²) in [7, 11) is -7.58. The minimum absolute atomic E-state index is 0.210. The predicted octanol–water partition coefficient (Wildman–Crippen LogP) is 1.02. The number of hydrogen-bond acceptors (Lipinski definition) is 4. The second kappa shape index (κ2) is 6.61. The molecular weight excluding hydrogens is 300 g/mol. The van der Waals surface area contributed by atoms with Gasteiger partial charge in [0.1, 0.15) is 0 Å². The normalized spacial score (nSPS) is 14.4. The molecule has 20 heavy (non-hydrogen) atoms. The highest BCUT2D eigenvalue weighted by Gasteiger charge is 2.44. The Labute approximate surface area is 118 Å². The molecule has 0 heterocycles. The number of carbonyl (C=O) groups excluding carboxylic acids is 1. The number of carbonyl (C=O) groups is 1. The van der Waals surface area contributed by atoms with Gasteiger partial charge in [0.2, 0.25) is 5.91 Å². The van der Waals surface area contributed by atoms with Gasteiger partial charge in [0, 0.05) is 5.57 Å². The molecule has 0 bridgehead atoms.